The first-order chi connectivity index (χ1) is 29.7. The van der Waals surface area contributed by atoms with Crippen LogP contribution in [0.1, 0.15) is 5.56 Å². The smallest absolute Gasteiger partial charge is 0.0992 e. The summed E-state index contributed by atoms with van der Waals surface area (Å²) in [5.41, 5.74) is 16.9. The number of nitrogens with zero attached hydrogens (tertiary/aromatic N) is 3. The second-order valence-electron chi connectivity index (χ2n) is 15.7. The summed E-state index contributed by atoms with van der Waals surface area (Å²) in [5.74, 6) is 0. The van der Waals surface area contributed by atoms with Gasteiger partial charge in [-0.15, -0.1) is 0 Å². The van der Waals surface area contributed by atoms with Crippen molar-refractivity contribution in [2.75, 3.05) is 0 Å². The minimum absolute atomic E-state index is 0.640. The van der Waals surface area contributed by atoms with Crippen LogP contribution in [-0.4, -0.2) is 9.13 Å². The van der Waals surface area contributed by atoms with Gasteiger partial charge in [0.15, 0.2) is 0 Å². The Kier molecular flexibility index (Phi) is 7.24. The lowest BCUT2D eigenvalue weighted by Gasteiger charge is -2.20. The Morgan fingerprint density at radius 1 is 0.333 bits per heavy atom. The average Bonchev–Trinajstić information content (AvgIpc) is 3.83. The summed E-state index contributed by atoms with van der Waals surface area (Å²) in [6.45, 7) is 0. The molecule has 0 saturated carbocycles. The first-order valence-corrected chi connectivity index (χ1v) is 21.8. The van der Waals surface area contributed by atoms with E-state index in [1.807, 2.05) is 35.7 Å². The highest BCUT2D eigenvalue weighted by atomic mass is 32.2. The van der Waals surface area contributed by atoms with Crippen LogP contribution in [0.4, 0.5) is 0 Å². The fourth-order valence-corrected chi connectivity index (χ4v) is 11.8. The van der Waals surface area contributed by atoms with Gasteiger partial charge in [0.1, 0.15) is 0 Å². The second-order valence-corrected chi connectivity index (χ2v) is 17.8. The van der Waals surface area contributed by atoms with E-state index < -0.39 is 0 Å². The first-order valence-electron chi connectivity index (χ1n) is 20.1. The Morgan fingerprint density at radius 2 is 0.733 bits per heavy atom. The molecule has 5 heteroatoms. The molecule has 0 atom stereocenters. The molecule has 0 unspecified atom stereocenters. The predicted octanol–water partition coefficient (Wildman–Crippen LogP) is 15.3. The zero-order valence-corrected chi connectivity index (χ0v) is 33.7. The van der Waals surface area contributed by atoms with Crippen molar-refractivity contribution in [2.45, 2.75) is 19.6 Å². The Hall–Kier alpha value is -7.23. The summed E-state index contributed by atoms with van der Waals surface area (Å²) in [7, 11) is 0. The lowest BCUT2D eigenvalue weighted by atomic mass is 9.93. The van der Waals surface area contributed by atoms with Crippen LogP contribution in [0.5, 0.6) is 0 Å². The topological polar surface area (TPSA) is 33.6 Å². The van der Waals surface area contributed by atoms with Gasteiger partial charge >= 0.3 is 0 Å². The zero-order chi connectivity index (χ0) is 39.5. The maximum absolute atomic E-state index is 10.3. The van der Waals surface area contributed by atoms with Crippen molar-refractivity contribution >= 4 is 67.1 Å². The molecule has 0 fully saturated rings. The minimum atomic E-state index is 0.640. The van der Waals surface area contributed by atoms with Crippen molar-refractivity contribution in [3.63, 3.8) is 0 Å². The van der Waals surface area contributed by atoms with Gasteiger partial charge in [-0.05, 0) is 136 Å². The number of hydrogen-bond donors (Lipinski definition) is 0. The molecule has 0 radical (unpaired) electrons. The number of rotatable bonds is 4. The normalized spacial score (nSPS) is 12.5. The van der Waals surface area contributed by atoms with Crippen LogP contribution in [0.2, 0.25) is 0 Å². The number of fused-ring (bicyclic) bond motifs is 10. The third kappa shape index (κ3) is 4.99. The molecule has 0 N–H and O–H groups in total. The SMILES string of the molecule is N#Cc1cc(-c2cccc(-c3cc4c5c(c3)c3ccccc3n5-c3ccccc3S4)c2)cc(-c2cccc(-c3cc4c5c(c3)c3ccccc3n5-c3ccccc3S4)c2)c1. The fourth-order valence-electron chi connectivity index (χ4n) is 9.59. The highest BCUT2D eigenvalue weighted by Gasteiger charge is 2.25. The molecule has 13 rings (SSSR count). The lowest BCUT2D eigenvalue weighted by molar-refractivity contribution is 1.09. The summed E-state index contributed by atoms with van der Waals surface area (Å²) in [6.07, 6.45) is 0. The summed E-state index contributed by atoms with van der Waals surface area (Å²) >= 11 is 3.70. The van der Waals surface area contributed by atoms with Crippen molar-refractivity contribution in [1.82, 2.24) is 9.13 Å². The lowest BCUT2D eigenvalue weighted by Crippen LogP contribution is -2.01. The molecule has 11 aromatic rings. The quantitative estimate of drug-likeness (QED) is 0.178. The van der Waals surface area contributed by atoms with Crippen LogP contribution >= 0.6 is 23.5 Å². The summed E-state index contributed by atoms with van der Waals surface area (Å²) in [4.78, 5) is 5.04. The number of aromatic nitrogens is 2. The van der Waals surface area contributed by atoms with Gasteiger partial charge in [0.25, 0.3) is 0 Å². The van der Waals surface area contributed by atoms with Crippen molar-refractivity contribution in [2.24, 2.45) is 0 Å². The third-order valence-corrected chi connectivity index (χ3v) is 14.4. The summed E-state index contributed by atoms with van der Waals surface area (Å²) in [6, 6.07) is 70.6. The molecular weight excluding hydrogens is 767 g/mol. The number of para-hydroxylation sites is 4. The predicted molar refractivity (Wildman–Crippen MR) is 250 cm³/mol. The van der Waals surface area contributed by atoms with Crippen LogP contribution in [0.25, 0.3) is 99.5 Å². The van der Waals surface area contributed by atoms with Crippen molar-refractivity contribution < 1.29 is 0 Å². The first kappa shape index (κ1) is 33.7. The molecule has 4 heterocycles. The molecule has 2 aliphatic rings. The van der Waals surface area contributed by atoms with Gasteiger partial charge in [-0.25, -0.2) is 0 Å². The van der Waals surface area contributed by atoms with Gasteiger partial charge in [0.05, 0.1) is 45.1 Å². The number of benzene rings is 9. The van der Waals surface area contributed by atoms with Crippen molar-refractivity contribution in [3.05, 3.63) is 194 Å². The minimum Gasteiger partial charge on any atom is -0.307 e. The van der Waals surface area contributed by atoms with Gasteiger partial charge in [-0.2, -0.15) is 5.26 Å². The van der Waals surface area contributed by atoms with E-state index in [1.165, 1.54) is 85.7 Å². The highest BCUT2D eigenvalue weighted by molar-refractivity contribution is 8.00. The van der Waals surface area contributed by atoms with Crippen LogP contribution < -0.4 is 0 Å². The van der Waals surface area contributed by atoms with E-state index >= 15 is 0 Å². The molecule has 9 aromatic carbocycles. The Morgan fingerprint density at radius 3 is 1.20 bits per heavy atom. The molecule has 0 spiro atoms. The Balaban J connectivity index is 0.911. The van der Waals surface area contributed by atoms with E-state index in [2.05, 4.69) is 191 Å². The Labute approximate surface area is 354 Å². The maximum atomic E-state index is 10.3. The largest absolute Gasteiger partial charge is 0.307 e. The van der Waals surface area contributed by atoms with Gasteiger partial charge in [0.2, 0.25) is 0 Å². The third-order valence-electron chi connectivity index (χ3n) is 12.2. The molecule has 2 aliphatic heterocycles. The van der Waals surface area contributed by atoms with Crippen LogP contribution in [0, 0.1) is 11.3 Å². The molecular formula is C55H31N3S2. The van der Waals surface area contributed by atoms with E-state index in [0.29, 0.717) is 5.56 Å². The van der Waals surface area contributed by atoms with E-state index in [-0.39, 0.29) is 0 Å². The van der Waals surface area contributed by atoms with E-state index in [4.69, 9.17) is 0 Å². The standard InChI is InChI=1S/C55H31N3S2/c56-32-33-23-38(34-11-9-13-36(25-34)40-28-44-42-15-1-3-17-46(42)57-48-19-5-7-21-50(48)59-52(30-40)54(44)57)27-39(24-33)35-12-10-14-37(26-35)41-29-45-43-16-2-4-18-47(43)58-49-20-6-8-22-51(49)60-53(31-41)55(45)58/h1-31H. The Bertz CT molecular complexity index is 3460. The maximum Gasteiger partial charge on any atom is 0.0992 e. The van der Waals surface area contributed by atoms with Gasteiger partial charge in [-0.1, -0.05) is 121 Å². The van der Waals surface area contributed by atoms with E-state index in [1.54, 1.807) is 0 Å². The zero-order valence-electron chi connectivity index (χ0n) is 32.1. The summed E-state index contributed by atoms with van der Waals surface area (Å²) in [5, 5.41) is 15.4. The molecule has 0 bridgehead atoms. The highest BCUT2D eigenvalue weighted by Crippen LogP contribution is 2.50. The monoisotopic (exact) mass is 797 g/mol. The molecule has 0 amide bonds. The number of nitriles is 1. The average molecular weight is 798 g/mol. The van der Waals surface area contributed by atoms with E-state index in [9.17, 15) is 5.26 Å². The van der Waals surface area contributed by atoms with E-state index in [0.717, 1.165) is 33.4 Å². The molecule has 0 aliphatic carbocycles. The molecule has 3 nitrogen and oxygen atoms in total. The number of hydrogen-bond acceptors (Lipinski definition) is 3. The van der Waals surface area contributed by atoms with Gasteiger partial charge in [0, 0.05) is 41.1 Å². The van der Waals surface area contributed by atoms with Crippen LogP contribution in [0.15, 0.2) is 208 Å². The second kappa shape index (κ2) is 12.9. The van der Waals surface area contributed by atoms with Crippen LogP contribution in [0.3, 0.4) is 0 Å². The van der Waals surface area contributed by atoms with Crippen molar-refractivity contribution in [1.29, 1.82) is 5.26 Å². The van der Waals surface area contributed by atoms with Gasteiger partial charge in [-0.3, -0.25) is 0 Å². The summed E-state index contributed by atoms with van der Waals surface area (Å²) < 4.78 is 4.86. The molecule has 0 saturated heterocycles. The molecule has 60 heavy (non-hydrogen) atoms. The fraction of sp³-hybridized carbons (Fsp3) is 0. The molecule has 278 valence electrons. The molecule has 2 aromatic heterocycles. The van der Waals surface area contributed by atoms with Crippen molar-refractivity contribution in [3.8, 4) is 62.0 Å². The van der Waals surface area contributed by atoms with Gasteiger partial charge < -0.3 is 9.13 Å². The van der Waals surface area contributed by atoms with Crippen LogP contribution in [-0.2, 0) is 0 Å².